The number of ether oxygens (including phenoxy) is 2. The van der Waals surface area contributed by atoms with Gasteiger partial charge in [0.15, 0.2) is 11.5 Å². The minimum atomic E-state index is 0.210. The molecule has 0 radical (unpaired) electrons. The number of hydrogen-bond donors (Lipinski definition) is 2. The van der Waals surface area contributed by atoms with E-state index in [1.807, 2.05) is 12.1 Å². The molecule has 0 bridgehead atoms. The topological polar surface area (TPSA) is 42.5 Å². The SMILES string of the molecule is COc1cc(CNCC2CCNCC2)cc(Cl)c1OCc1c(Cl)cccc1Cl. The highest BCUT2D eigenvalue weighted by Crippen LogP contribution is 2.38. The lowest BCUT2D eigenvalue weighted by molar-refractivity contribution is 0.284. The van der Waals surface area contributed by atoms with Crippen LogP contribution in [-0.2, 0) is 13.2 Å². The van der Waals surface area contributed by atoms with Crippen LogP contribution in [-0.4, -0.2) is 26.7 Å². The zero-order valence-electron chi connectivity index (χ0n) is 15.9. The lowest BCUT2D eigenvalue weighted by atomic mass is 9.98. The van der Waals surface area contributed by atoms with E-state index in [1.54, 1.807) is 25.3 Å². The van der Waals surface area contributed by atoms with Crippen molar-refractivity contribution in [3.05, 3.63) is 56.5 Å². The van der Waals surface area contributed by atoms with Crippen molar-refractivity contribution in [3.63, 3.8) is 0 Å². The van der Waals surface area contributed by atoms with Crippen LogP contribution in [0.3, 0.4) is 0 Å². The first-order valence-corrected chi connectivity index (χ1v) is 10.6. The molecule has 1 aliphatic heterocycles. The number of rotatable bonds is 8. The molecule has 2 N–H and O–H groups in total. The summed E-state index contributed by atoms with van der Waals surface area (Å²) < 4.78 is 11.4. The van der Waals surface area contributed by atoms with Crippen LogP contribution < -0.4 is 20.1 Å². The number of hydrogen-bond acceptors (Lipinski definition) is 4. The van der Waals surface area contributed by atoms with Gasteiger partial charge >= 0.3 is 0 Å². The smallest absolute Gasteiger partial charge is 0.180 e. The second kappa shape index (κ2) is 10.6. The molecule has 1 aliphatic rings. The van der Waals surface area contributed by atoms with E-state index in [-0.39, 0.29) is 6.61 Å². The normalized spacial score (nSPS) is 14.9. The molecule has 0 unspecified atom stereocenters. The first-order chi connectivity index (χ1) is 13.6. The Morgan fingerprint density at radius 3 is 2.46 bits per heavy atom. The van der Waals surface area contributed by atoms with Crippen molar-refractivity contribution in [2.75, 3.05) is 26.7 Å². The molecule has 0 aliphatic carbocycles. The van der Waals surface area contributed by atoms with Gasteiger partial charge in [-0.3, -0.25) is 0 Å². The fourth-order valence-electron chi connectivity index (χ4n) is 3.34. The quantitative estimate of drug-likeness (QED) is 0.579. The fourth-order valence-corrected chi connectivity index (χ4v) is 4.13. The molecule has 0 aromatic heterocycles. The molecule has 0 amide bonds. The molecule has 7 heteroatoms. The molecule has 3 rings (SSSR count). The summed E-state index contributed by atoms with van der Waals surface area (Å²) in [6.45, 7) is 4.16. The number of halogens is 3. The number of nitrogens with one attached hydrogen (secondary N) is 2. The largest absolute Gasteiger partial charge is 0.493 e. The highest BCUT2D eigenvalue weighted by atomic mass is 35.5. The van der Waals surface area contributed by atoms with E-state index in [4.69, 9.17) is 44.3 Å². The Kier molecular flexibility index (Phi) is 8.12. The monoisotopic (exact) mass is 442 g/mol. The minimum Gasteiger partial charge on any atom is -0.493 e. The average molecular weight is 444 g/mol. The Balaban J connectivity index is 1.64. The molecule has 0 spiro atoms. The Morgan fingerprint density at radius 1 is 1.07 bits per heavy atom. The first-order valence-electron chi connectivity index (χ1n) is 9.42. The van der Waals surface area contributed by atoms with Gasteiger partial charge in [-0.25, -0.2) is 0 Å². The Morgan fingerprint density at radius 2 is 1.79 bits per heavy atom. The van der Waals surface area contributed by atoms with Gasteiger partial charge in [0.05, 0.1) is 12.1 Å². The van der Waals surface area contributed by atoms with Crippen LogP contribution in [0.2, 0.25) is 15.1 Å². The van der Waals surface area contributed by atoms with Crippen molar-refractivity contribution >= 4 is 34.8 Å². The van der Waals surface area contributed by atoms with Gasteiger partial charge in [0.25, 0.3) is 0 Å². The average Bonchev–Trinajstić information content (AvgIpc) is 2.69. The molecule has 0 saturated carbocycles. The van der Waals surface area contributed by atoms with Gasteiger partial charge in [0.2, 0.25) is 0 Å². The van der Waals surface area contributed by atoms with E-state index in [9.17, 15) is 0 Å². The summed E-state index contributed by atoms with van der Waals surface area (Å²) in [4.78, 5) is 0. The molecular formula is C21H25Cl3N2O2. The highest BCUT2D eigenvalue weighted by Gasteiger charge is 2.15. The summed E-state index contributed by atoms with van der Waals surface area (Å²) in [5.74, 6) is 1.80. The van der Waals surface area contributed by atoms with Gasteiger partial charge in [0, 0.05) is 22.2 Å². The van der Waals surface area contributed by atoms with Crippen molar-refractivity contribution in [2.24, 2.45) is 5.92 Å². The summed E-state index contributed by atoms with van der Waals surface area (Å²) in [6.07, 6.45) is 2.43. The molecule has 1 heterocycles. The van der Waals surface area contributed by atoms with Gasteiger partial charge in [-0.05, 0) is 68.2 Å². The molecule has 2 aromatic rings. The van der Waals surface area contributed by atoms with E-state index < -0.39 is 0 Å². The van der Waals surface area contributed by atoms with Crippen molar-refractivity contribution in [3.8, 4) is 11.5 Å². The van der Waals surface area contributed by atoms with Gasteiger partial charge in [0.1, 0.15) is 6.61 Å². The number of benzene rings is 2. The summed E-state index contributed by atoms with van der Waals surface area (Å²) in [5, 5.41) is 8.53. The second-order valence-corrected chi connectivity index (χ2v) is 8.14. The molecule has 152 valence electrons. The van der Waals surface area contributed by atoms with Crippen LogP contribution in [0.25, 0.3) is 0 Å². The predicted octanol–water partition coefficient (Wildman–Crippen LogP) is 5.32. The zero-order chi connectivity index (χ0) is 19.9. The van der Waals surface area contributed by atoms with Crippen molar-refractivity contribution < 1.29 is 9.47 Å². The van der Waals surface area contributed by atoms with E-state index in [2.05, 4.69) is 10.6 Å². The maximum Gasteiger partial charge on any atom is 0.180 e. The van der Waals surface area contributed by atoms with E-state index in [1.165, 1.54) is 12.8 Å². The van der Waals surface area contributed by atoms with Crippen LogP contribution in [0.5, 0.6) is 11.5 Å². The zero-order valence-corrected chi connectivity index (χ0v) is 18.1. The highest BCUT2D eigenvalue weighted by molar-refractivity contribution is 6.36. The lowest BCUT2D eigenvalue weighted by Crippen LogP contribution is -2.33. The standard InChI is InChI=1S/C21H25Cl3N2O2/c1-27-20-10-15(12-26-11-14-5-7-25-8-6-14)9-19(24)21(20)28-13-16-17(22)3-2-4-18(16)23/h2-4,9-10,14,25-26H,5-8,11-13H2,1H3. The summed E-state index contributed by atoms with van der Waals surface area (Å²) >= 11 is 18.9. The minimum absolute atomic E-state index is 0.210. The van der Waals surface area contributed by atoms with Crippen molar-refractivity contribution in [1.82, 2.24) is 10.6 Å². The molecule has 1 fully saturated rings. The van der Waals surface area contributed by atoms with Crippen LogP contribution >= 0.6 is 34.8 Å². The molecule has 2 aromatic carbocycles. The maximum absolute atomic E-state index is 6.48. The van der Waals surface area contributed by atoms with Crippen molar-refractivity contribution in [1.29, 1.82) is 0 Å². The molecule has 4 nitrogen and oxygen atoms in total. The van der Waals surface area contributed by atoms with Crippen LogP contribution in [0.4, 0.5) is 0 Å². The Bertz CT molecular complexity index is 775. The molecular weight excluding hydrogens is 419 g/mol. The Hall–Kier alpha value is -1.17. The maximum atomic E-state index is 6.48. The molecule has 0 atom stereocenters. The predicted molar refractivity (Wildman–Crippen MR) is 116 cm³/mol. The summed E-state index contributed by atoms with van der Waals surface area (Å²) in [7, 11) is 1.60. The van der Waals surface area contributed by atoms with Gasteiger partial charge in [-0.15, -0.1) is 0 Å². The third-order valence-electron chi connectivity index (χ3n) is 4.93. The fraction of sp³-hybridized carbons (Fsp3) is 0.429. The second-order valence-electron chi connectivity index (χ2n) is 6.92. The van der Waals surface area contributed by atoms with Gasteiger partial charge < -0.3 is 20.1 Å². The molecule has 1 saturated heterocycles. The van der Waals surface area contributed by atoms with Crippen molar-refractivity contribution in [2.45, 2.75) is 26.0 Å². The van der Waals surface area contributed by atoms with Gasteiger partial charge in [-0.1, -0.05) is 40.9 Å². The van der Waals surface area contributed by atoms with E-state index >= 15 is 0 Å². The number of piperidine rings is 1. The van der Waals surface area contributed by atoms with Gasteiger partial charge in [-0.2, -0.15) is 0 Å². The third-order valence-corrected chi connectivity index (χ3v) is 5.92. The van der Waals surface area contributed by atoms with Crippen LogP contribution in [0.1, 0.15) is 24.0 Å². The van der Waals surface area contributed by atoms with E-state index in [0.29, 0.717) is 26.6 Å². The number of methoxy groups -OCH3 is 1. The van der Waals surface area contributed by atoms with E-state index in [0.717, 1.165) is 43.2 Å². The summed E-state index contributed by atoms with van der Waals surface area (Å²) in [6, 6.07) is 9.21. The summed E-state index contributed by atoms with van der Waals surface area (Å²) in [5.41, 5.74) is 1.77. The van der Waals surface area contributed by atoms with Crippen LogP contribution in [0.15, 0.2) is 30.3 Å². The van der Waals surface area contributed by atoms with Crippen LogP contribution in [0, 0.1) is 5.92 Å². The Labute approximate surface area is 181 Å². The first kappa shape index (κ1) is 21.5. The molecule has 28 heavy (non-hydrogen) atoms. The third kappa shape index (κ3) is 5.68. The lowest BCUT2D eigenvalue weighted by Gasteiger charge is -2.23.